The smallest absolute Gasteiger partial charge is 0.272 e. The molecule has 3 aromatic carbocycles. The fourth-order valence-electron chi connectivity index (χ4n) is 3.47. The number of pyridine rings is 1. The van der Waals surface area contributed by atoms with Crippen LogP contribution in [0.5, 0.6) is 11.5 Å². The standard InChI is InChI=1S/C26H23N3O3/c1-17-7-6-8-19(13-17)23-15-21(20-9-4-5-10-22(20)28-23)26(30)29-27-16-18-11-12-24(31-2)25(14-18)32-3/h4-16H,1-3H3,(H,29,30)/b27-16-. The van der Waals surface area contributed by atoms with Gasteiger partial charge in [0.15, 0.2) is 11.5 Å². The minimum absolute atomic E-state index is 0.311. The molecule has 0 saturated heterocycles. The first-order valence-electron chi connectivity index (χ1n) is 10.1. The molecule has 0 atom stereocenters. The number of fused-ring (bicyclic) bond motifs is 1. The molecular weight excluding hydrogens is 402 g/mol. The molecule has 160 valence electrons. The average Bonchev–Trinajstić information content (AvgIpc) is 2.83. The van der Waals surface area contributed by atoms with Crippen molar-refractivity contribution in [2.45, 2.75) is 6.92 Å². The van der Waals surface area contributed by atoms with Crippen molar-refractivity contribution in [2.24, 2.45) is 5.10 Å². The number of methoxy groups -OCH3 is 2. The van der Waals surface area contributed by atoms with Gasteiger partial charge in [0, 0.05) is 10.9 Å². The summed E-state index contributed by atoms with van der Waals surface area (Å²) in [5.74, 6) is 0.903. The monoisotopic (exact) mass is 425 g/mol. The SMILES string of the molecule is COc1ccc(/C=N\NC(=O)c2cc(-c3cccc(C)c3)nc3ccccc23)cc1OC. The third kappa shape index (κ3) is 4.44. The van der Waals surface area contributed by atoms with Gasteiger partial charge in [0.05, 0.1) is 37.2 Å². The Bertz CT molecular complexity index is 1310. The van der Waals surface area contributed by atoms with Crippen LogP contribution in [0.3, 0.4) is 0 Å². The molecule has 0 saturated carbocycles. The maximum absolute atomic E-state index is 13.0. The van der Waals surface area contributed by atoms with Crippen molar-refractivity contribution in [3.8, 4) is 22.8 Å². The van der Waals surface area contributed by atoms with Gasteiger partial charge in [-0.1, -0.05) is 42.0 Å². The van der Waals surface area contributed by atoms with Crippen molar-refractivity contribution >= 4 is 23.0 Å². The van der Waals surface area contributed by atoms with Gasteiger partial charge in [0.1, 0.15) is 0 Å². The van der Waals surface area contributed by atoms with E-state index in [1.165, 1.54) is 0 Å². The number of hydrogen-bond acceptors (Lipinski definition) is 5. The number of aryl methyl sites for hydroxylation is 1. The molecule has 1 aromatic heterocycles. The summed E-state index contributed by atoms with van der Waals surface area (Å²) in [5.41, 5.74) is 7.48. The number of aromatic nitrogens is 1. The summed E-state index contributed by atoms with van der Waals surface area (Å²) in [7, 11) is 3.15. The summed E-state index contributed by atoms with van der Waals surface area (Å²) in [4.78, 5) is 17.8. The van der Waals surface area contributed by atoms with Gasteiger partial charge in [-0.2, -0.15) is 5.10 Å². The lowest BCUT2D eigenvalue weighted by Gasteiger charge is -2.09. The van der Waals surface area contributed by atoms with E-state index in [1.54, 1.807) is 38.6 Å². The first-order valence-corrected chi connectivity index (χ1v) is 10.1. The number of nitrogens with one attached hydrogen (secondary N) is 1. The van der Waals surface area contributed by atoms with Crippen molar-refractivity contribution in [3.05, 3.63) is 89.5 Å². The van der Waals surface area contributed by atoms with Gasteiger partial charge in [0.25, 0.3) is 5.91 Å². The van der Waals surface area contributed by atoms with E-state index in [9.17, 15) is 4.79 Å². The molecule has 0 unspecified atom stereocenters. The molecule has 0 spiro atoms. The number of hydrogen-bond donors (Lipinski definition) is 1. The normalized spacial score (nSPS) is 11.0. The number of para-hydroxylation sites is 1. The molecule has 0 aliphatic rings. The van der Waals surface area contributed by atoms with Crippen LogP contribution in [0.25, 0.3) is 22.2 Å². The van der Waals surface area contributed by atoms with E-state index >= 15 is 0 Å². The van der Waals surface area contributed by atoms with Gasteiger partial charge in [0.2, 0.25) is 0 Å². The molecule has 32 heavy (non-hydrogen) atoms. The molecule has 4 rings (SSSR count). The highest BCUT2D eigenvalue weighted by atomic mass is 16.5. The maximum atomic E-state index is 13.0. The van der Waals surface area contributed by atoms with Crippen LogP contribution in [0.1, 0.15) is 21.5 Å². The maximum Gasteiger partial charge on any atom is 0.272 e. The summed E-state index contributed by atoms with van der Waals surface area (Å²) in [6.45, 7) is 2.03. The fourth-order valence-corrected chi connectivity index (χ4v) is 3.47. The van der Waals surface area contributed by atoms with Crippen molar-refractivity contribution < 1.29 is 14.3 Å². The summed E-state index contributed by atoms with van der Waals surface area (Å²) < 4.78 is 10.5. The number of nitrogens with zero attached hydrogens (tertiary/aromatic N) is 2. The summed E-state index contributed by atoms with van der Waals surface area (Å²) in [5, 5.41) is 4.90. The molecule has 0 bridgehead atoms. The third-order valence-corrected chi connectivity index (χ3v) is 5.06. The zero-order valence-electron chi connectivity index (χ0n) is 18.1. The highest BCUT2D eigenvalue weighted by Gasteiger charge is 2.13. The zero-order valence-corrected chi connectivity index (χ0v) is 18.1. The number of carbonyl (C=O) groups is 1. The van der Waals surface area contributed by atoms with Gasteiger partial charge >= 0.3 is 0 Å². The highest BCUT2D eigenvalue weighted by Crippen LogP contribution is 2.27. The molecular formula is C26H23N3O3. The predicted octanol–water partition coefficient (Wildman–Crippen LogP) is 4.99. The molecule has 0 radical (unpaired) electrons. The average molecular weight is 425 g/mol. The Morgan fingerprint density at radius 1 is 0.938 bits per heavy atom. The van der Waals surface area contributed by atoms with E-state index in [0.717, 1.165) is 33.3 Å². The Morgan fingerprint density at radius 3 is 2.53 bits per heavy atom. The van der Waals surface area contributed by atoms with Crippen molar-refractivity contribution in [1.82, 2.24) is 10.4 Å². The van der Waals surface area contributed by atoms with Gasteiger partial charge in [-0.15, -0.1) is 0 Å². The predicted molar refractivity (Wildman–Crippen MR) is 127 cm³/mol. The summed E-state index contributed by atoms with van der Waals surface area (Å²) in [6, 6.07) is 22.8. The van der Waals surface area contributed by atoms with Crippen LogP contribution >= 0.6 is 0 Å². The van der Waals surface area contributed by atoms with E-state index in [2.05, 4.69) is 10.5 Å². The number of hydrazone groups is 1. The molecule has 0 aliphatic carbocycles. The quantitative estimate of drug-likeness (QED) is 0.349. The molecule has 4 aromatic rings. The third-order valence-electron chi connectivity index (χ3n) is 5.06. The van der Waals surface area contributed by atoms with E-state index in [-0.39, 0.29) is 5.91 Å². The molecule has 1 N–H and O–H groups in total. The Hall–Kier alpha value is -4.19. The van der Waals surface area contributed by atoms with Crippen LogP contribution in [-0.2, 0) is 0 Å². The molecule has 1 amide bonds. The minimum atomic E-state index is -0.311. The van der Waals surface area contributed by atoms with E-state index < -0.39 is 0 Å². The van der Waals surface area contributed by atoms with E-state index in [4.69, 9.17) is 14.5 Å². The lowest BCUT2D eigenvalue weighted by atomic mass is 10.0. The first-order chi connectivity index (χ1) is 15.6. The number of benzene rings is 3. The van der Waals surface area contributed by atoms with Gasteiger partial charge in [-0.3, -0.25) is 4.79 Å². The Kier molecular flexibility index (Phi) is 6.12. The van der Waals surface area contributed by atoms with Gasteiger partial charge < -0.3 is 9.47 Å². The van der Waals surface area contributed by atoms with E-state index in [1.807, 2.05) is 61.5 Å². The molecule has 1 heterocycles. The van der Waals surface area contributed by atoms with Crippen LogP contribution in [0.2, 0.25) is 0 Å². The van der Waals surface area contributed by atoms with Crippen LogP contribution in [0, 0.1) is 6.92 Å². The molecule has 0 fully saturated rings. The number of ether oxygens (including phenoxy) is 2. The van der Waals surface area contributed by atoms with Crippen molar-refractivity contribution in [1.29, 1.82) is 0 Å². The van der Waals surface area contributed by atoms with Gasteiger partial charge in [-0.05, 0) is 48.9 Å². The van der Waals surface area contributed by atoms with Crippen LogP contribution in [-0.4, -0.2) is 31.3 Å². The van der Waals surface area contributed by atoms with Gasteiger partial charge in [-0.25, -0.2) is 10.4 Å². The Labute approximate surface area is 186 Å². The van der Waals surface area contributed by atoms with E-state index in [0.29, 0.717) is 17.1 Å². The second kappa shape index (κ2) is 9.31. The van der Waals surface area contributed by atoms with Crippen LogP contribution in [0.4, 0.5) is 0 Å². The Morgan fingerprint density at radius 2 is 1.75 bits per heavy atom. The van der Waals surface area contributed by atoms with Crippen molar-refractivity contribution in [3.63, 3.8) is 0 Å². The van der Waals surface area contributed by atoms with Crippen LogP contribution < -0.4 is 14.9 Å². The van der Waals surface area contributed by atoms with Crippen LogP contribution in [0.15, 0.2) is 77.9 Å². The second-order valence-corrected chi connectivity index (χ2v) is 7.26. The Balaban J connectivity index is 1.64. The second-order valence-electron chi connectivity index (χ2n) is 7.26. The molecule has 6 heteroatoms. The lowest BCUT2D eigenvalue weighted by molar-refractivity contribution is 0.0956. The fraction of sp³-hybridized carbons (Fsp3) is 0.115. The highest BCUT2D eigenvalue weighted by molar-refractivity contribution is 6.07. The molecule has 0 aliphatic heterocycles. The number of carbonyl (C=O) groups excluding carboxylic acids is 1. The molecule has 6 nitrogen and oxygen atoms in total. The minimum Gasteiger partial charge on any atom is -0.493 e. The topological polar surface area (TPSA) is 72.8 Å². The summed E-state index contributed by atoms with van der Waals surface area (Å²) in [6.07, 6.45) is 1.56. The lowest BCUT2D eigenvalue weighted by Crippen LogP contribution is -2.18. The largest absolute Gasteiger partial charge is 0.493 e. The number of amides is 1. The van der Waals surface area contributed by atoms with Crippen molar-refractivity contribution in [2.75, 3.05) is 14.2 Å². The number of rotatable bonds is 6. The first kappa shape index (κ1) is 21.1. The summed E-state index contributed by atoms with van der Waals surface area (Å²) >= 11 is 0. The zero-order chi connectivity index (χ0) is 22.5.